The van der Waals surface area contributed by atoms with Gasteiger partial charge in [-0.25, -0.2) is 36.3 Å². The normalized spacial score (nSPS) is 11.9. The second kappa shape index (κ2) is 12.4. The number of hydrogen-bond acceptors (Lipinski definition) is 7. The van der Waals surface area contributed by atoms with E-state index in [4.69, 9.17) is 4.74 Å². The van der Waals surface area contributed by atoms with Gasteiger partial charge in [-0.1, -0.05) is 12.7 Å². The molecule has 1 aromatic rings. The lowest BCUT2D eigenvalue weighted by Crippen LogP contribution is -2.46. The van der Waals surface area contributed by atoms with Crippen LogP contribution in [0.2, 0.25) is 0 Å². The number of esters is 1. The Hall–Kier alpha value is -3.03. The van der Waals surface area contributed by atoms with E-state index in [1.807, 2.05) is 0 Å². The maximum Gasteiger partial charge on any atom is 0.415 e. The van der Waals surface area contributed by atoms with Gasteiger partial charge in [0.25, 0.3) is 0 Å². The van der Waals surface area contributed by atoms with E-state index in [0.29, 0.717) is 11.8 Å². The molecular formula is C20H23F5N2O6S. The Labute approximate surface area is 196 Å². The number of nitrogens with zero attached hydrogens (tertiary/aromatic N) is 1. The fraction of sp³-hybridized carbons (Fsp3) is 0.450. The number of hydrogen-bond donors (Lipinski definition) is 1. The number of amides is 2. The molecule has 1 rings (SSSR count). The molecule has 0 spiro atoms. The number of rotatable bonds is 9. The Morgan fingerprint density at radius 2 is 1.59 bits per heavy atom. The molecule has 0 aliphatic rings. The molecule has 14 heteroatoms. The van der Waals surface area contributed by atoms with E-state index in [1.165, 1.54) is 0 Å². The number of methoxy groups -OCH3 is 1. The van der Waals surface area contributed by atoms with Gasteiger partial charge in [-0.2, -0.15) is 0 Å². The van der Waals surface area contributed by atoms with E-state index in [1.54, 1.807) is 20.8 Å². The quantitative estimate of drug-likeness (QED) is 0.100. The van der Waals surface area contributed by atoms with E-state index in [9.17, 15) is 36.3 Å². The summed E-state index contributed by atoms with van der Waals surface area (Å²) >= 11 is 0.619. The summed E-state index contributed by atoms with van der Waals surface area (Å²) in [6, 6.07) is -1.34. The van der Waals surface area contributed by atoms with Crippen LogP contribution in [0.25, 0.3) is 0 Å². The molecule has 0 bridgehead atoms. The summed E-state index contributed by atoms with van der Waals surface area (Å²) in [5.41, 5.74) is -2.44. The molecule has 2 amide bonds. The van der Waals surface area contributed by atoms with Crippen molar-refractivity contribution in [3.05, 3.63) is 41.7 Å². The summed E-state index contributed by atoms with van der Waals surface area (Å²) in [4.78, 5) is 36.4. The first-order chi connectivity index (χ1) is 15.7. The van der Waals surface area contributed by atoms with Crippen molar-refractivity contribution in [2.45, 2.75) is 32.4 Å². The summed E-state index contributed by atoms with van der Waals surface area (Å²) in [5.74, 6) is -13.5. The Bertz CT molecular complexity index is 912. The van der Waals surface area contributed by atoms with Crippen LogP contribution in [0.4, 0.5) is 37.2 Å². The monoisotopic (exact) mass is 514 g/mol. The van der Waals surface area contributed by atoms with Crippen molar-refractivity contribution in [2.75, 3.05) is 30.2 Å². The van der Waals surface area contributed by atoms with Crippen molar-refractivity contribution in [1.29, 1.82) is 0 Å². The largest absolute Gasteiger partial charge is 0.467 e. The van der Waals surface area contributed by atoms with Crippen molar-refractivity contribution in [3.63, 3.8) is 0 Å². The molecule has 0 saturated carbocycles. The van der Waals surface area contributed by atoms with Crippen LogP contribution in [0.15, 0.2) is 12.7 Å². The van der Waals surface area contributed by atoms with Crippen LogP contribution in [-0.2, 0) is 19.0 Å². The fourth-order valence-corrected chi connectivity index (χ4v) is 3.25. The molecule has 0 aliphatic heterocycles. The number of carbonyl (C=O) groups is 3. The van der Waals surface area contributed by atoms with E-state index < -0.39 is 77.1 Å². The average molecular weight is 514 g/mol. The molecule has 0 heterocycles. The van der Waals surface area contributed by atoms with Crippen LogP contribution in [0, 0.1) is 29.1 Å². The standard InChI is InChI=1S/C20H23F5N2O6S/c1-6-7-32-19(30)27(16-14(24)12(22)11(21)13(23)15(16)25)9-34-8-10(17(28)31-5)26-18(29)33-20(2,3)4/h6,10H,1,7-9H2,2-5H3,(H,26,29)/t10-/m0/s1. The predicted molar refractivity (Wildman–Crippen MR) is 113 cm³/mol. The zero-order chi connectivity index (χ0) is 26.2. The number of ether oxygens (including phenoxy) is 3. The highest BCUT2D eigenvalue weighted by Crippen LogP contribution is 2.32. The predicted octanol–water partition coefficient (Wildman–Crippen LogP) is 4.27. The smallest absolute Gasteiger partial charge is 0.415 e. The van der Waals surface area contributed by atoms with Crippen molar-refractivity contribution >= 4 is 35.6 Å². The van der Waals surface area contributed by atoms with Gasteiger partial charge in [-0.15, -0.1) is 11.8 Å². The van der Waals surface area contributed by atoms with Crippen LogP contribution >= 0.6 is 11.8 Å². The topological polar surface area (TPSA) is 94.2 Å². The Balaban J connectivity index is 3.16. The molecule has 1 N–H and O–H groups in total. The molecule has 0 aliphatic carbocycles. The number of alkyl carbamates (subject to hydrolysis) is 1. The maximum absolute atomic E-state index is 14.3. The van der Waals surface area contributed by atoms with Crippen LogP contribution in [0.5, 0.6) is 0 Å². The summed E-state index contributed by atoms with van der Waals surface area (Å²) < 4.78 is 83.6. The summed E-state index contributed by atoms with van der Waals surface area (Å²) in [6.45, 7) is 7.58. The first-order valence-corrected chi connectivity index (χ1v) is 10.6. The SMILES string of the molecule is C=CCOC(=O)N(CSC[C@H](NC(=O)OC(C)(C)C)C(=O)OC)c1c(F)c(F)c(F)c(F)c1F. The molecule has 0 radical (unpaired) electrons. The zero-order valence-corrected chi connectivity index (χ0v) is 19.5. The second-order valence-electron chi connectivity index (χ2n) is 7.43. The minimum Gasteiger partial charge on any atom is -0.467 e. The van der Waals surface area contributed by atoms with E-state index in [2.05, 4.69) is 21.4 Å². The number of benzene rings is 1. The lowest BCUT2D eigenvalue weighted by atomic mass is 10.2. The summed E-state index contributed by atoms with van der Waals surface area (Å²) in [5, 5.41) is 2.23. The van der Waals surface area contributed by atoms with Crippen LogP contribution in [0.1, 0.15) is 20.8 Å². The van der Waals surface area contributed by atoms with Crippen LogP contribution < -0.4 is 10.2 Å². The number of thioether (sulfide) groups is 1. The van der Waals surface area contributed by atoms with Gasteiger partial charge < -0.3 is 19.5 Å². The van der Waals surface area contributed by atoms with Gasteiger partial charge in [0.2, 0.25) is 5.82 Å². The molecule has 8 nitrogen and oxygen atoms in total. The minimum absolute atomic E-state index is 0.159. The van der Waals surface area contributed by atoms with E-state index in [-0.39, 0.29) is 10.7 Å². The fourth-order valence-electron chi connectivity index (χ4n) is 2.27. The van der Waals surface area contributed by atoms with Gasteiger partial charge in [0.1, 0.15) is 23.9 Å². The van der Waals surface area contributed by atoms with Crippen molar-refractivity contribution < 1.29 is 50.5 Å². The Morgan fingerprint density at radius 1 is 1.06 bits per heavy atom. The highest BCUT2D eigenvalue weighted by molar-refractivity contribution is 7.99. The van der Waals surface area contributed by atoms with Gasteiger partial charge >= 0.3 is 18.2 Å². The summed E-state index contributed by atoms with van der Waals surface area (Å²) in [7, 11) is 1.03. The molecule has 0 saturated heterocycles. The first-order valence-electron chi connectivity index (χ1n) is 9.46. The van der Waals surface area contributed by atoms with Crippen molar-refractivity contribution in [3.8, 4) is 0 Å². The second-order valence-corrected chi connectivity index (χ2v) is 8.43. The average Bonchev–Trinajstić information content (AvgIpc) is 2.76. The Kier molecular flexibility index (Phi) is 10.6. The van der Waals surface area contributed by atoms with Crippen molar-refractivity contribution in [1.82, 2.24) is 5.32 Å². The summed E-state index contributed by atoms with van der Waals surface area (Å²) in [6.07, 6.45) is -1.32. The number of nitrogens with one attached hydrogen (secondary N) is 1. The third kappa shape index (κ3) is 7.78. The highest BCUT2D eigenvalue weighted by Gasteiger charge is 2.33. The lowest BCUT2D eigenvalue weighted by Gasteiger charge is -2.25. The molecule has 190 valence electrons. The molecule has 1 atom stereocenters. The number of halogens is 5. The number of anilines is 1. The third-order valence-electron chi connectivity index (χ3n) is 3.68. The van der Waals surface area contributed by atoms with Crippen LogP contribution in [-0.4, -0.2) is 55.1 Å². The van der Waals surface area contributed by atoms with Crippen molar-refractivity contribution in [2.24, 2.45) is 0 Å². The van der Waals surface area contributed by atoms with Gasteiger partial charge in [-0.3, -0.25) is 4.90 Å². The molecule has 1 aromatic carbocycles. The van der Waals surface area contributed by atoms with Gasteiger partial charge in [0.15, 0.2) is 23.3 Å². The Morgan fingerprint density at radius 3 is 2.06 bits per heavy atom. The third-order valence-corrected chi connectivity index (χ3v) is 4.69. The first kappa shape index (κ1) is 29.0. The van der Waals surface area contributed by atoms with Gasteiger partial charge in [-0.05, 0) is 20.8 Å². The zero-order valence-electron chi connectivity index (χ0n) is 18.7. The van der Waals surface area contributed by atoms with Gasteiger partial charge in [0, 0.05) is 5.75 Å². The highest BCUT2D eigenvalue weighted by atomic mass is 32.2. The number of carbonyl (C=O) groups excluding carboxylic acids is 3. The van der Waals surface area contributed by atoms with E-state index >= 15 is 0 Å². The lowest BCUT2D eigenvalue weighted by molar-refractivity contribution is -0.142. The molecule has 34 heavy (non-hydrogen) atoms. The molecule has 0 aromatic heterocycles. The maximum atomic E-state index is 14.3. The minimum atomic E-state index is -2.40. The van der Waals surface area contributed by atoms with Gasteiger partial charge in [0.05, 0.1) is 13.0 Å². The van der Waals surface area contributed by atoms with Crippen LogP contribution in [0.3, 0.4) is 0 Å². The molecule has 0 unspecified atom stereocenters. The molecule has 0 fully saturated rings. The molecular weight excluding hydrogens is 491 g/mol. The van der Waals surface area contributed by atoms with E-state index in [0.717, 1.165) is 13.2 Å².